The molecule has 0 saturated carbocycles. The van der Waals surface area contributed by atoms with Gasteiger partial charge < -0.3 is 4.13 Å². The van der Waals surface area contributed by atoms with Crippen molar-refractivity contribution < 1.29 is 65.6 Å². The average molecular weight is 511 g/mol. The van der Waals surface area contributed by atoms with E-state index in [2.05, 4.69) is 0 Å². The van der Waals surface area contributed by atoms with Crippen molar-refractivity contribution in [1.29, 1.82) is 15.8 Å². The molecule has 0 aliphatic rings. The van der Waals surface area contributed by atoms with E-state index in [1.165, 1.54) is 20.8 Å². The molecule has 17 heteroatoms. The molecule has 0 N–H and O–H groups in total. The van der Waals surface area contributed by atoms with Crippen molar-refractivity contribution in [1.82, 2.24) is 0 Å². The fourth-order valence-corrected chi connectivity index (χ4v) is 1.92. The van der Waals surface area contributed by atoms with Gasteiger partial charge in [0, 0.05) is 20.8 Å². The van der Waals surface area contributed by atoms with Gasteiger partial charge >= 0.3 is 33.4 Å². The predicted molar refractivity (Wildman–Crippen MR) is 67.2 cm³/mol. The van der Waals surface area contributed by atoms with E-state index >= 15 is 0 Å². The Hall–Kier alpha value is -1.35. The summed E-state index contributed by atoms with van der Waals surface area (Å²) in [4.78, 5) is 0. The normalized spacial score (nSPS) is 10.2. The number of nitriles is 3. The van der Waals surface area contributed by atoms with Crippen LogP contribution < -0.4 is 0 Å². The SMILES string of the molecule is CC#N.CC#N.CC#N.O=S(=O)([N-]S(=O)(=O)C(F)(F)F)C(F)(F)F.[Ag+]. The van der Waals surface area contributed by atoms with Crippen LogP contribution >= 0.6 is 0 Å². The Morgan fingerprint density at radius 3 is 0.880 bits per heavy atom. The monoisotopic (exact) mass is 510 g/mol. The minimum Gasteiger partial charge on any atom is -0.421 e. The largest absolute Gasteiger partial charge is 1.00 e. The fraction of sp³-hybridized carbons (Fsp3) is 0.625. The minimum absolute atomic E-state index is 0. The predicted octanol–water partition coefficient (Wildman–Crippen LogP) is 2.65. The van der Waals surface area contributed by atoms with Crippen molar-refractivity contribution in [3.05, 3.63) is 4.13 Å². The summed E-state index contributed by atoms with van der Waals surface area (Å²) in [6, 6.07) is 5.25. The Kier molecular flexibility index (Phi) is 20.9. The summed E-state index contributed by atoms with van der Waals surface area (Å²) >= 11 is 0. The Morgan fingerprint density at radius 2 is 0.800 bits per heavy atom. The summed E-state index contributed by atoms with van der Waals surface area (Å²) in [5.41, 5.74) is -12.4. The summed E-state index contributed by atoms with van der Waals surface area (Å²) in [5, 5.41) is 22.0. The molecule has 0 radical (unpaired) electrons. The van der Waals surface area contributed by atoms with E-state index in [0.717, 1.165) is 4.13 Å². The van der Waals surface area contributed by atoms with Crippen LogP contribution in [-0.4, -0.2) is 27.9 Å². The van der Waals surface area contributed by atoms with Crippen molar-refractivity contribution in [3.63, 3.8) is 0 Å². The summed E-state index contributed by atoms with van der Waals surface area (Å²) in [7, 11) is -13.4. The third-order valence-corrected chi connectivity index (χ3v) is 3.52. The zero-order chi connectivity index (χ0) is 20.8. The third kappa shape index (κ3) is 18.8. The molecule has 150 valence electrons. The molecule has 0 bridgehead atoms. The first-order valence-electron chi connectivity index (χ1n) is 4.74. The molecule has 0 amide bonds. The number of hydrogen-bond acceptors (Lipinski definition) is 7. The molecule has 0 rings (SSSR count). The van der Waals surface area contributed by atoms with Crippen molar-refractivity contribution >= 4 is 20.0 Å². The number of hydrogen-bond donors (Lipinski definition) is 0. The second-order valence-electron chi connectivity index (χ2n) is 2.59. The standard InChI is InChI=1S/C2F6NO4S2.3C2H3N.Ag/c3-1(4,5)14(10,11)9-15(12,13)2(6,7)8;3*1-2-3;/h;3*1H3;/q-1;;;;+1. The number of halogens is 6. The average Bonchev–Trinajstić information content (AvgIpc) is 2.27. The van der Waals surface area contributed by atoms with Crippen LogP contribution in [0.2, 0.25) is 0 Å². The number of rotatable bonds is 2. The molecular formula is C8H9AgF6N4O4S2. The molecule has 0 heterocycles. The molecule has 0 aliphatic carbocycles. The number of alkyl halides is 6. The molecule has 0 aromatic carbocycles. The Bertz CT molecular complexity index is 612. The van der Waals surface area contributed by atoms with E-state index in [4.69, 9.17) is 15.8 Å². The van der Waals surface area contributed by atoms with Crippen LogP contribution in [-0.2, 0) is 42.4 Å². The molecule has 0 fully saturated rings. The van der Waals surface area contributed by atoms with Gasteiger partial charge in [-0.1, -0.05) is 0 Å². The van der Waals surface area contributed by atoms with Crippen molar-refractivity contribution in [2.45, 2.75) is 31.8 Å². The molecule has 0 aliphatic heterocycles. The Morgan fingerprint density at radius 1 is 0.680 bits per heavy atom. The molecule has 0 aromatic rings. The maximum absolute atomic E-state index is 11.4. The van der Waals surface area contributed by atoms with E-state index < -0.39 is 31.1 Å². The summed E-state index contributed by atoms with van der Waals surface area (Å²) in [6.07, 6.45) is 0. The summed E-state index contributed by atoms with van der Waals surface area (Å²) < 4.78 is 109. The van der Waals surface area contributed by atoms with Crippen LogP contribution in [0.1, 0.15) is 20.8 Å². The van der Waals surface area contributed by atoms with Crippen LogP contribution in [0.15, 0.2) is 0 Å². The van der Waals surface area contributed by atoms with Gasteiger partial charge in [0.2, 0.25) is 0 Å². The Balaban J connectivity index is -0.000000112. The fourth-order valence-electron chi connectivity index (χ4n) is 0.214. The van der Waals surface area contributed by atoms with Gasteiger partial charge in [-0.15, -0.1) is 0 Å². The van der Waals surface area contributed by atoms with E-state index in [0.29, 0.717) is 0 Å². The first-order valence-corrected chi connectivity index (χ1v) is 7.62. The van der Waals surface area contributed by atoms with Gasteiger partial charge in [0.1, 0.15) is 0 Å². The van der Waals surface area contributed by atoms with Crippen LogP contribution in [0.3, 0.4) is 0 Å². The third-order valence-electron chi connectivity index (χ3n) is 0.781. The van der Waals surface area contributed by atoms with E-state index in [-0.39, 0.29) is 22.4 Å². The zero-order valence-corrected chi connectivity index (χ0v) is 15.4. The summed E-state index contributed by atoms with van der Waals surface area (Å²) in [6.45, 7) is 4.29. The van der Waals surface area contributed by atoms with Gasteiger partial charge in [0.25, 0.3) is 0 Å². The van der Waals surface area contributed by atoms with Gasteiger partial charge in [-0.25, -0.2) is 16.8 Å². The molecule has 0 unspecified atom stereocenters. The van der Waals surface area contributed by atoms with Crippen LogP contribution in [0.4, 0.5) is 26.3 Å². The quantitative estimate of drug-likeness (QED) is 0.408. The van der Waals surface area contributed by atoms with Crippen LogP contribution in [0.5, 0.6) is 0 Å². The van der Waals surface area contributed by atoms with E-state index in [1.54, 1.807) is 18.2 Å². The molecule has 0 atom stereocenters. The smallest absolute Gasteiger partial charge is 0.421 e. The van der Waals surface area contributed by atoms with Gasteiger partial charge in [-0.2, -0.15) is 42.1 Å². The van der Waals surface area contributed by atoms with Gasteiger partial charge in [0.05, 0.1) is 18.2 Å². The van der Waals surface area contributed by atoms with Gasteiger partial charge in [-0.3, -0.25) is 0 Å². The molecule has 0 saturated heterocycles. The first kappa shape index (κ1) is 34.9. The van der Waals surface area contributed by atoms with Gasteiger partial charge in [-0.05, 0) is 0 Å². The maximum Gasteiger partial charge on any atom is 1.00 e. The molecule has 8 nitrogen and oxygen atoms in total. The van der Waals surface area contributed by atoms with Crippen LogP contribution in [0.25, 0.3) is 4.13 Å². The molecular weight excluding hydrogens is 502 g/mol. The first-order chi connectivity index (χ1) is 10.4. The summed E-state index contributed by atoms with van der Waals surface area (Å²) in [5.74, 6) is 0. The van der Waals surface area contributed by atoms with E-state index in [9.17, 15) is 43.2 Å². The van der Waals surface area contributed by atoms with Crippen molar-refractivity contribution in [3.8, 4) is 18.2 Å². The van der Waals surface area contributed by atoms with Crippen LogP contribution in [0, 0.1) is 34.0 Å². The molecule has 25 heavy (non-hydrogen) atoms. The zero-order valence-electron chi connectivity index (χ0n) is 12.3. The minimum atomic E-state index is -6.72. The number of sulfonamides is 2. The van der Waals surface area contributed by atoms with Gasteiger partial charge in [0.15, 0.2) is 20.0 Å². The topological polar surface area (TPSA) is 154 Å². The molecule has 0 aromatic heterocycles. The second kappa shape index (κ2) is 14.9. The maximum atomic E-state index is 11.4. The Labute approximate surface area is 155 Å². The second-order valence-corrected chi connectivity index (χ2v) is 6.01. The van der Waals surface area contributed by atoms with Crippen molar-refractivity contribution in [2.24, 2.45) is 0 Å². The number of nitrogens with zero attached hydrogens (tertiary/aromatic N) is 4. The van der Waals surface area contributed by atoms with Crippen molar-refractivity contribution in [2.75, 3.05) is 0 Å². The van der Waals surface area contributed by atoms with E-state index in [1.807, 2.05) is 0 Å². The molecule has 0 spiro atoms.